The summed E-state index contributed by atoms with van der Waals surface area (Å²) in [5.41, 5.74) is 2.45. The Hall–Kier alpha value is -2.83. The normalized spacial score (nSPS) is 12.5. The zero-order valence-corrected chi connectivity index (χ0v) is 14.9. The van der Waals surface area contributed by atoms with Crippen LogP contribution in [0.2, 0.25) is 0 Å². The fourth-order valence-corrected chi connectivity index (χ4v) is 2.61. The molecule has 0 saturated carbocycles. The highest BCUT2D eigenvalue weighted by Gasteiger charge is 2.30. The Labute approximate surface area is 155 Å². The van der Waals surface area contributed by atoms with E-state index in [-0.39, 0.29) is 12.8 Å². The van der Waals surface area contributed by atoms with E-state index in [1.54, 1.807) is 6.07 Å². The average molecular weight is 379 g/mol. The molecular formula is C20H20F3NO3. The van der Waals surface area contributed by atoms with Crippen molar-refractivity contribution in [3.63, 3.8) is 0 Å². The summed E-state index contributed by atoms with van der Waals surface area (Å²) in [5, 5.41) is 11.8. The van der Waals surface area contributed by atoms with E-state index in [1.165, 1.54) is 12.1 Å². The molecule has 7 heteroatoms. The second-order valence-electron chi connectivity index (χ2n) is 6.45. The number of carbonyl (C=O) groups excluding carboxylic acids is 1. The van der Waals surface area contributed by atoms with Gasteiger partial charge < -0.3 is 10.4 Å². The van der Waals surface area contributed by atoms with Crippen LogP contribution >= 0.6 is 0 Å². The largest absolute Gasteiger partial charge is 0.480 e. The first kappa shape index (κ1) is 20.5. The minimum Gasteiger partial charge on any atom is -0.480 e. The molecule has 1 amide bonds. The first-order valence-electron chi connectivity index (χ1n) is 8.30. The van der Waals surface area contributed by atoms with Crippen molar-refractivity contribution >= 4 is 11.9 Å². The number of benzene rings is 2. The van der Waals surface area contributed by atoms with Crippen molar-refractivity contribution in [1.29, 1.82) is 0 Å². The predicted molar refractivity (Wildman–Crippen MR) is 94.3 cm³/mol. The van der Waals surface area contributed by atoms with Crippen molar-refractivity contribution in [3.05, 3.63) is 70.3 Å². The molecule has 0 bridgehead atoms. The molecule has 0 aromatic heterocycles. The molecule has 0 saturated heterocycles. The fraction of sp³-hybridized carbons (Fsp3) is 0.300. The van der Waals surface area contributed by atoms with E-state index in [0.29, 0.717) is 5.56 Å². The number of nitrogens with one attached hydrogen (secondary N) is 1. The number of carboxylic acid groups (broad SMARTS) is 1. The molecule has 0 heterocycles. The van der Waals surface area contributed by atoms with E-state index in [2.05, 4.69) is 5.32 Å². The third-order valence-corrected chi connectivity index (χ3v) is 4.29. The van der Waals surface area contributed by atoms with Gasteiger partial charge >= 0.3 is 12.1 Å². The number of halogens is 3. The number of alkyl halides is 3. The highest BCUT2D eigenvalue weighted by Crippen LogP contribution is 2.29. The van der Waals surface area contributed by atoms with Gasteiger partial charge in [-0.1, -0.05) is 30.3 Å². The minimum atomic E-state index is -4.44. The van der Waals surface area contributed by atoms with Gasteiger partial charge in [0.25, 0.3) is 0 Å². The van der Waals surface area contributed by atoms with Crippen LogP contribution in [0.5, 0.6) is 0 Å². The number of carbonyl (C=O) groups is 2. The van der Waals surface area contributed by atoms with Crippen LogP contribution in [0, 0.1) is 13.8 Å². The zero-order valence-electron chi connectivity index (χ0n) is 14.9. The van der Waals surface area contributed by atoms with Crippen molar-refractivity contribution in [2.24, 2.45) is 0 Å². The number of carboxylic acids is 1. The molecule has 27 heavy (non-hydrogen) atoms. The molecular weight excluding hydrogens is 359 g/mol. The number of hydrogen-bond donors (Lipinski definition) is 2. The lowest BCUT2D eigenvalue weighted by Gasteiger charge is -2.16. The van der Waals surface area contributed by atoms with Gasteiger partial charge in [0, 0.05) is 6.42 Å². The maximum Gasteiger partial charge on any atom is 0.416 e. The lowest BCUT2D eigenvalue weighted by atomic mass is 10.0. The quantitative estimate of drug-likeness (QED) is 0.805. The minimum absolute atomic E-state index is 0.120. The SMILES string of the molecule is Cc1ccc(C[C@H](NC(=O)Cc2ccc(C(F)(F)F)cc2)C(=O)O)cc1C. The molecule has 0 aliphatic carbocycles. The lowest BCUT2D eigenvalue weighted by Crippen LogP contribution is -2.43. The Morgan fingerprint density at radius 1 is 1.00 bits per heavy atom. The summed E-state index contributed by atoms with van der Waals surface area (Å²) in [6.07, 6.45) is -4.52. The lowest BCUT2D eigenvalue weighted by molar-refractivity contribution is -0.141. The summed E-state index contributed by atoms with van der Waals surface area (Å²) < 4.78 is 37.7. The van der Waals surface area contributed by atoms with E-state index in [9.17, 15) is 27.9 Å². The molecule has 0 spiro atoms. The van der Waals surface area contributed by atoms with Gasteiger partial charge in [0.2, 0.25) is 5.91 Å². The van der Waals surface area contributed by atoms with E-state index in [1.807, 2.05) is 26.0 Å². The molecule has 0 unspecified atom stereocenters. The Morgan fingerprint density at radius 2 is 1.59 bits per heavy atom. The maximum absolute atomic E-state index is 12.6. The van der Waals surface area contributed by atoms with Crippen LogP contribution in [-0.2, 0) is 28.6 Å². The van der Waals surface area contributed by atoms with Crippen molar-refractivity contribution in [2.45, 2.75) is 38.9 Å². The fourth-order valence-electron chi connectivity index (χ4n) is 2.61. The molecule has 4 nitrogen and oxygen atoms in total. The van der Waals surface area contributed by atoms with Crippen LogP contribution in [0.25, 0.3) is 0 Å². The standard InChI is InChI=1S/C20H20F3NO3/c1-12-3-4-15(9-13(12)2)10-17(19(26)27)24-18(25)11-14-5-7-16(8-6-14)20(21,22)23/h3-9,17H,10-11H2,1-2H3,(H,24,25)(H,26,27)/t17-/m0/s1. The van der Waals surface area contributed by atoms with Crippen molar-refractivity contribution in [2.75, 3.05) is 0 Å². The molecule has 0 fully saturated rings. The van der Waals surface area contributed by atoms with Crippen molar-refractivity contribution < 1.29 is 27.9 Å². The summed E-state index contributed by atoms with van der Waals surface area (Å²) in [5.74, 6) is -1.74. The maximum atomic E-state index is 12.6. The third-order valence-electron chi connectivity index (χ3n) is 4.29. The highest BCUT2D eigenvalue weighted by atomic mass is 19.4. The summed E-state index contributed by atoms with van der Waals surface area (Å²) >= 11 is 0. The molecule has 0 radical (unpaired) electrons. The topological polar surface area (TPSA) is 66.4 Å². The van der Waals surface area contributed by atoms with Crippen LogP contribution in [0.3, 0.4) is 0 Å². The third kappa shape index (κ3) is 5.84. The van der Waals surface area contributed by atoms with E-state index in [0.717, 1.165) is 28.8 Å². The van der Waals surface area contributed by atoms with E-state index < -0.39 is 29.7 Å². The number of amides is 1. The first-order chi connectivity index (χ1) is 12.6. The zero-order chi connectivity index (χ0) is 20.2. The van der Waals surface area contributed by atoms with Crippen molar-refractivity contribution in [3.8, 4) is 0 Å². The van der Waals surface area contributed by atoms with Gasteiger partial charge in [-0.2, -0.15) is 13.2 Å². The second-order valence-corrected chi connectivity index (χ2v) is 6.45. The molecule has 1 atom stereocenters. The van der Waals surface area contributed by atoms with Gasteiger partial charge in [-0.3, -0.25) is 4.79 Å². The molecule has 2 N–H and O–H groups in total. The summed E-state index contributed by atoms with van der Waals surface area (Å²) in [4.78, 5) is 23.6. The molecule has 2 aromatic carbocycles. The van der Waals surface area contributed by atoms with Crippen LogP contribution in [0.15, 0.2) is 42.5 Å². The number of aliphatic carboxylic acids is 1. The summed E-state index contributed by atoms with van der Waals surface area (Å²) in [7, 11) is 0. The molecule has 2 rings (SSSR count). The van der Waals surface area contributed by atoms with Crippen LogP contribution in [-0.4, -0.2) is 23.0 Å². The molecule has 144 valence electrons. The molecule has 0 aliphatic heterocycles. The van der Waals surface area contributed by atoms with Gasteiger partial charge in [0.15, 0.2) is 0 Å². The van der Waals surface area contributed by atoms with Crippen LogP contribution < -0.4 is 5.32 Å². The van der Waals surface area contributed by atoms with Gasteiger partial charge in [0.1, 0.15) is 6.04 Å². The van der Waals surface area contributed by atoms with Crippen molar-refractivity contribution in [1.82, 2.24) is 5.32 Å². The highest BCUT2D eigenvalue weighted by molar-refractivity contribution is 5.85. The monoisotopic (exact) mass is 379 g/mol. The first-order valence-corrected chi connectivity index (χ1v) is 8.30. The van der Waals surface area contributed by atoms with Gasteiger partial charge in [-0.15, -0.1) is 0 Å². The van der Waals surface area contributed by atoms with E-state index >= 15 is 0 Å². The Kier molecular flexibility index (Phi) is 6.25. The number of hydrogen-bond acceptors (Lipinski definition) is 2. The smallest absolute Gasteiger partial charge is 0.416 e. The summed E-state index contributed by atoms with van der Waals surface area (Å²) in [6, 6.07) is 8.65. The van der Waals surface area contributed by atoms with Crippen LogP contribution in [0.4, 0.5) is 13.2 Å². The Balaban J connectivity index is 2.02. The second kappa shape index (κ2) is 8.24. The Bertz CT molecular complexity index is 829. The summed E-state index contributed by atoms with van der Waals surface area (Å²) in [6.45, 7) is 3.86. The van der Waals surface area contributed by atoms with Crippen LogP contribution in [0.1, 0.15) is 27.8 Å². The van der Waals surface area contributed by atoms with Gasteiger partial charge in [-0.25, -0.2) is 4.79 Å². The Morgan fingerprint density at radius 3 is 2.11 bits per heavy atom. The average Bonchev–Trinajstić information content (AvgIpc) is 2.57. The number of rotatable bonds is 6. The molecule has 0 aliphatic rings. The number of aryl methyl sites for hydroxylation is 2. The molecule has 2 aromatic rings. The van der Waals surface area contributed by atoms with E-state index in [4.69, 9.17) is 0 Å². The predicted octanol–water partition coefficient (Wildman–Crippen LogP) is 3.68. The van der Waals surface area contributed by atoms with Gasteiger partial charge in [-0.05, 0) is 48.2 Å². The van der Waals surface area contributed by atoms with Gasteiger partial charge in [0.05, 0.1) is 12.0 Å².